The Kier molecular flexibility index (Phi) is 3.38. The third-order valence-electron chi connectivity index (χ3n) is 2.84. The summed E-state index contributed by atoms with van der Waals surface area (Å²) in [6.07, 6.45) is 7.80. The number of rotatable bonds is 3. The summed E-state index contributed by atoms with van der Waals surface area (Å²) in [5.74, 6) is 0. The Hall–Kier alpha value is -0.870. The molecule has 0 unspecified atom stereocenters. The maximum atomic E-state index is 5.78. The number of ether oxygens (including phenoxy) is 1. The van der Waals surface area contributed by atoms with E-state index in [2.05, 4.69) is 5.10 Å². The summed E-state index contributed by atoms with van der Waals surface area (Å²) in [5, 5.41) is 4.29. The van der Waals surface area contributed by atoms with E-state index >= 15 is 0 Å². The van der Waals surface area contributed by atoms with Crippen LogP contribution in [0.1, 0.15) is 37.8 Å². The minimum absolute atomic E-state index is 0.0611. The van der Waals surface area contributed by atoms with Crippen LogP contribution in [0.3, 0.4) is 0 Å². The molecule has 2 rings (SSSR count). The van der Waals surface area contributed by atoms with Crippen molar-refractivity contribution in [3.63, 3.8) is 0 Å². The van der Waals surface area contributed by atoms with Gasteiger partial charge in [-0.05, 0) is 26.2 Å². The van der Waals surface area contributed by atoms with Crippen molar-refractivity contribution < 1.29 is 4.74 Å². The maximum absolute atomic E-state index is 5.78. The first-order valence-corrected chi connectivity index (χ1v) is 5.65. The van der Waals surface area contributed by atoms with Gasteiger partial charge in [0.15, 0.2) is 0 Å². The molecule has 4 heteroatoms. The van der Waals surface area contributed by atoms with E-state index in [1.165, 1.54) is 12.8 Å². The van der Waals surface area contributed by atoms with Crippen LogP contribution in [0.4, 0.5) is 0 Å². The van der Waals surface area contributed by atoms with Crippen LogP contribution in [0.15, 0.2) is 12.4 Å². The Morgan fingerprint density at radius 2 is 2.53 bits per heavy atom. The van der Waals surface area contributed by atoms with Gasteiger partial charge in [0.1, 0.15) is 0 Å². The van der Waals surface area contributed by atoms with Crippen LogP contribution >= 0.6 is 0 Å². The van der Waals surface area contributed by atoms with Crippen molar-refractivity contribution in [3.05, 3.63) is 18.0 Å². The fraction of sp³-hybridized carbons (Fsp3) is 0.727. The van der Waals surface area contributed by atoms with E-state index in [4.69, 9.17) is 10.5 Å². The number of nitrogens with two attached hydrogens (primary N) is 1. The highest BCUT2D eigenvalue weighted by Crippen LogP contribution is 2.15. The minimum atomic E-state index is 0.0611. The molecular weight excluding hydrogens is 190 g/mol. The molecule has 1 aliphatic heterocycles. The predicted molar refractivity (Wildman–Crippen MR) is 58.4 cm³/mol. The van der Waals surface area contributed by atoms with Gasteiger partial charge in [0.25, 0.3) is 0 Å². The second-order valence-corrected chi connectivity index (χ2v) is 4.27. The van der Waals surface area contributed by atoms with Gasteiger partial charge in [-0.3, -0.25) is 4.68 Å². The van der Waals surface area contributed by atoms with Gasteiger partial charge in [-0.2, -0.15) is 5.10 Å². The average molecular weight is 209 g/mol. The molecule has 1 aromatic rings. The van der Waals surface area contributed by atoms with Gasteiger partial charge >= 0.3 is 0 Å². The van der Waals surface area contributed by atoms with E-state index in [0.717, 1.165) is 25.1 Å². The third-order valence-corrected chi connectivity index (χ3v) is 2.84. The van der Waals surface area contributed by atoms with Gasteiger partial charge in [0, 0.05) is 24.4 Å². The summed E-state index contributed by atoms with van der Waals surface area (Å²) >= 11 is 0. The Balaban J connectivity index is 1.91. The maximum Gasteiger partial charge on any atom is 0.0770 e. The zero-order valence-corrected chi connectivity index (χ0v) is 9.22. The molecule has 0 saturated carbocycles. The molecule has 2 N–H and O–H groups in total. The second kappa shape index (κ2) is 4.77. The van der Waals surface area contributed by atoms with E-state index in [1.54, 1.807) is 0 Å². The molecule has 1 aliphatic rings. The molecule has 0 aromatic carbocycles. The van der Waals surface area contributed by atoms with Gasteiger partial charge in [-0.15, -0.1) is 0 Å². The van der Waals surface area contributed by atoms with Crippen molar-refractivity contribution in [2.24, 2.45) is 5.73 Å². The molecule has 0 spiro atoms. The summed E-state index contributed by atoms with van der Waals surface area (Å²) in [7, 11) is 0. The lowest BCUT2D eigenvalue weighted by atomic mass is 10.1. The van der Waals surface area contributed by atoms with Gasteiger partial charge in [-0.25, -0.2) is 0 Å². The molecule has 4 nitrogen and oxygen atoms in total. The predicted octanol–water partition coefficient (Wildman–Crippen LogP) is 1.47. The molecule has 84 valence electrons. The van der Waals surface area contributed by atoms with E-state index in [-0.39, 0.29) is 6.04 Å². The highest BCUT2D eigenvalue weighted by atomic mass is 16.5. The molecule has 1 fully saturated rings. The first-order chi connectivity index (χ1) is 7.25. The van der Waals surface area contributed by atoms with E-state index in [9.17, 15) is 0 Å². The number of hydrogen-bond donors (Lipinski definition) is 1. The SMILES string of the molecule is C[C@@H](N)c1cnn(C[C@H]2CCCCO2)c1. The molecule has 0 bridgehead atoms. The molecule has 0 amide bonds. The summed E-state index contributed by atoms with van der Waals surface area (Å²) in [6, 6.07) is 0.0611. The topological polar surface area (TPSA) is 53.1 Å². The van der Waals surface area contributed by atoms with Crippen molar-refractivity contribution in [1.29, 1.82) is 0 Å². The van der Waals surface area contributed by atoms with Gasteiger partial charge in [-0.1, -0.05) is 0 Å². The first kappa shape index (κ1) is 10.6. The zero-order chi connectivity index (χ0) is 10.7. The van der Waals surface area contributed by atoms with E-state index < -0.39 is 0 Å². The standard InChI is InChI=1S/C11H19N3O/c1-9(12)10-6-13-14(7-10)8-11-4-2-3-5-15-11/h6-7,9,11H,2-5,8,12H2,1H3/t9-,11-/m1/s1. The quantitative estimate of drug-likeness (QED) is 0.820. The van der Waals surface area contributed by atoms with Crippen molar-refractivity contribution in [2.75, 3.05) is 6.61 Å². The fourth-order valence-corrected chi connectivity index (χ4v) is 1.87. The first-order valence-electron chi connectivity index (χ1n) is 5.65. The average Bonchev–Trinajstić information content (AvgIpc) is 2.68. The van der Waals surface area contributed by atoms with Gasteiger partial charge in [0.05, 0.1) is 18.8 Å². The van der Waals surface area contributed by atoms with Gasteiger partial charge < -0.3 is 10.5 Å². The van der Waals surface area contributed by atoms with Gasteiger partial charge in [0.2, 0.25) is 0 Å². The lowest BCUT2D eigenvalue weighted by Gasteiger charge is -2.22. The Bertz CT molecular complexity index is 303. The Morgan fingerprint density at radius 1 is 1.67 bits per heavy atom. The van der Waals surface area contributed by atoms with Crippen LogP contribution in [0.25, 0.3) is 0 Å². The number of aromatic nitrogens is 2. The molecule has 2 atom stereocenters. The largest absolute Gasteiger partial charge is 0.376 e. The zero-order valence-electron chi connectivity index (χ0n) is 9.22. The molecular formula is C11H19N3O. The van der Waals surface area contributed by atoms with Crippen LogP contribution in [-0.2, 0) is 11.3 Å². The highest BCUT2D eigenvalue weighted by Gasteiger charge is 2.15. The van der Waals surface area contributed by atoms with Crippen molar-refractivity contribution in [3.8, 4) is 0 Å². The van der Waals surface area contributed by atoms with Crippen molar-refractivity contribution in [2.45, 2.75) is 44.9 Å². The van der Waals surface area contributed by atoms with Crippen LogP contribution in [-0.4, -0.2) is 22.5 Å². The molecule has 1 saturated heterocycles. The monoisotopic (exact) mass is 209 g/mol. The van der Waals surface area contributed by atoms with E-state index in [0.29, 0.717) is 6.10 Å². The second-order valence-electron chi connectivity index (χ2n) is 4.27. The normalized spacial score (nSPS) is 24.0. The fourth-order valence-electron chi connectivity index (χ4n) is 1.87. The van der Waals surface area contributed by atoms with Crippen LogP contribution in [0.5, 0.6) is 0 Å². The van der Waals surface area contributed by atoms with Crippen molar-refractivity contribution in [1.82, 2.24) is 9.78 Å². The summed E-state index contributed by atoms with van der Waals surface area (Å²) in [4.78, 5) is 0. The molecule has 1 aromatic heterocycles. The molecule has 0 aliphatic carbocycles. The Labute approximate surface area is 90.4 Å². The van der Waals surface area contributed by atoms with Crippen molar-refractivity contribution >= 4 is 0 Å². The van der Waals surface area contributed by atoms with Crippen LogP contribution < -0.4 is 5.73 Å². The summed E-state index contributed by atoms with van der Waals surface area (Å²) in [6.45, 7) is 3.72. The lowest BCUT2D eigenvalue weighted by molar-refractivity contribution is 0.00398. The molecule has 15 heavy (non-hydrogen) atoms. The smallest absolute Gasteiger partial charge is 0.0770 e. The Morgan fingerprint density at radius 3 is 3.13 bits per heavy atom. The number of nitrogens with zero attached hydrogens (tertiary/aromatic N) is 2. The third kappa shape index (κ3) is 2.79. The summed E-state index contributed by atoms with van der Waals surface area (Å²) < 4.78 is 7.60. The van der Waals surface area contributed by atoms with E-state index in [1.807, 2.05) is 24.0 Å². The highest BCUT2D eigenvalue weighted by molar-refractivity contribution is 5.08. The summed E-state index contributed by atoms with van der Waals surface area (Å²) in [5.41, 5.74) is 6.86. The minimum Gasteiger partial charge on any atom is -0.376 e. The molecule has 0 radical (unpaired) electrons. The van der Waals surface area contributed by atoms with Crippen LogP contribution in [0, 0.1) is 0 Å². The number of hydrogen-bond acceptors (Lipinski definition) is 3. The molecule has 2 heterocycles. The van der Waals surface area contributed by atoms with Crippen LogP contribution in [0.2, 0.25) is 0 Å². The lowest BCUT2D eigenvalue weighted by Crippen LogP contribution is -2.24.